The molecule has 0 radical (unpaired) electrons. The Hall–Kier alpha value is -5.86. The molecule has 4 fully saturated rings. The number of fused-ring (bicyclic) bond motifs is 14. The third-order valence-electron chi connectivity index (χ3n) is 14.2. The van der Waals surface area contributed by atoms with E-state index in [4.69, 9.17) is 37.9 Å². The number of hydrogen-bond donors (Lipinski definition) is 2. The molecule has 14 nitrogen and oxygen atoms in total. The van der Waals surface area contributed by atoms with Gasteiger partial charge in [-0.15, -0.1) is 0 Å². The second-order valence-corrected chi connectivity index (χ2v) is 16.7. The van der Waals surface area contributed by atoms with Gasteiger partial charge >= 0.3 is 0 Å². The first-order valence-corrected chi connectivity index (χ1v) is 21.0. The Bertz CT molecular complexity index is 2270. The highest BCUT2D eigenvalue weighted by Gasteiger charge is 2.53. The smallest absolute Gasteiger partial charge is 0.223 e. The number of nitrogens with zero attached hydrogens (tertiary/aromatic N) is 2. The number of carbonyl (C=O) groups excluding carboxylic acids is 2. The normalized spacial score (nSPS) is 25.8. The highest BCUT2D eigenvalue weighted by atomic mass is 16.5. The van der Waals surface area contributed by atoms with Crippen molar-refractivity contribution in [3.63, 3.8) is 0 Å². The van der Waals surface area contributed by atoms with Crippen LogP contribution < -0.4 is 37.9 Å². The predicted octanol–water partition coefficient (Wildman–Crippen LogP) is 5.87. The van der Waals surface area contributed by atoms with Crippen molar-refractivity contribution in [1.29, 1.82) is 0 Å². The fourth-order valence-electron chi connectivity index (χ4n) is 11.4. The zero-order chi connectivity index (χ0) is 43.7. The Balaban J connectivity index is 0.000000158. The average molecular weight is 851 g/mol. The Morgan fingerprint density at radius 3 is 0.968 bits per heavy atom. The summed E-state index contributed by atoms with van der Waals surface area (Å²) in [4.78, 5) is 28.8. The van der Waals surface area contributed by atoms with Gasteiger partial charge in [0.05, 0.1) is 81.2 Å². The van der Waals surface area contributed by atoms with Gasteiger partial charge in [-0.3, -0.25) is 9.59 Å². The molecule has 14 heteroatoms. The van der Waals surface area contributed by atoms with Gasteiger partial charge in [-0.1, -0.05) is 0 Å². The Morgan fingerprint density at radius 1 is 0.419 bits per heavy atom. The van der Waals surface area contributed by atoms with Crippen molar-refractivity contribution in [2.24, 2.45) is 0 Å². The summed E-state index contributed by atoms with van der Waals surface area (Å²) in [6, 6.07) is 15.5. The maximum atomic E-state index is 12.5. The largest absolute Gasteiger partial charge is 0.493 e. The van der Waals surface area contributed by atoms with Crippen molar-refractivity contribution in [2.45, 2.75) is 73.6 Å². The SMILES string of the molecule is COc1cc2c(cc1OC)[C@@H]1[C@H](O)[C@@H]3CCC(=O)N3C[C@@H]1c1cc(OC)c(OC)cc1-2.COc1cc2c(cc1OC)[C@@H]1[C@H](O)[C@@H]3CCC(=O)N3C[C@@H]1c1cc(OC)c(OC)cc1-2. The molecule has 6 aliphatic rings. The second-order valence-electron chi connectivity index (χ2n) is 16.7. The molecule has 4 aliphatic heterocycles. The molecule has 4 aromatic rings. The molecule has 0 spiro atoms. The van der Waals surface area contributed by atoms with Crippen molar-refractivity contribution >= 4 is 11.8 Å². The Labute approximate surface area is 361 Å². The van der Waals surface area contributed by atoms with Crippen molar-refractivity contribution in [2.75, 3.05) is 70.0 Å². The van der Waals surface area contributed by atoms with Crippen LogP contribution in [0.5, 0.6) is 46.0 Å². The first-order valence-electron chi connectivity index (χ1n) is 21.0. The summed E-state index contributed by atoms with van der Waals surface area (Å²) in [5, 5.41) is 22.9. The van der Waals surface area contributed by atoms with Gasteiger partial charge in [0.2, 0.25) is 11.8 Å². The molecular weight excluding hydrogens is 797 g/mol. The number of benzene rings is 4. The molecular formula is C48H54N2O12. The van der Waals surface area contributed by atoms with Crippen LogP contribution in [0.2, 0.25) is 0 Å². The van der Waals surface area contributed by atoms with E-state index in [1.165, 1.54) is 0 Å². The molecule has 2 N–H and O–H groups in total. The standard InChI is InChI=1S/2C24H27NO6/c2*1-28-18-7-12-13-8-19(29-2)21(31-4)10-15(13)23-16(14(12)9-20(18)30-3)11-25-17(24(23)27)5-6-22(25)26/h2*7-10,16-17,23-24,27H,5-6,11H2,1-4H3/t2*16-,17+,23+,24-/m11/s1. The third-order valence-corrected chi connectivity index (χ3v) is 14.2. The third kappa shape index (κ3) is 6.27. The van der Waals surface area contributed by atoms with E-state index >= 15 is 0 Å². The minimum Gasteiger partial charge on any atom is -0.493 e. The molecule has 0 unspecified atom stereocenters. The van der Waals surface area contributed by atoms with E-state index in [1.807, 2.05) is 58.3 Å². The highest BCUT2D eigenvalue weighted by Crippen LogP contribution is 2.58. The van der Waals surface area contributed by atoms with Crippen LogP contribution in [-0.4, -0.2) is 126 Å². The molecule has 4 saturated heterocycles. The summed E-state index contributed by atoms with van der Waals surface area (Å²) in [7, 11) is 12.9. The summed E-state index contributed by atoms with van der Waals surface area (Å²) < 4.78 is 44.6. The van der Waals surface area contributed by atoms with Crippen molar-refractivity contribution in [1.82, 2.24) is 9.80 Å². The van der Waals surface area contributed by atoms with Crippen molar-refractivity contribution < 1.29 is 57.7 Å². The van der Waals surface area contributed by atoms with Crippen LogP contribution >= 0.6 is 0 Å². The Morgan fingerprint density at radius 2 is 0.677 bits per heavy atom. The Kier molecular flexibility index (Phi) is 10.8. The summed E-state index contributed by atoms with van der Waals surface area (Å²) in [6.07, 6.45) is 1.01. The lowest BCUT2D eigenvalue weighted by atomic mass is 9.65. The number of methoxy groups -OCH3 is 8. The van der Waals surface area contributed by atoms with Crippen molar-refractivity contribution in [3.8, 4) is 68.2 Å². The predicted molar refractivity (Wildman–Crippen MR) is 229 cm³/mol. The molecule has 0 aromatic heterocycles. The van der Waals surface area contributed by atoms with E-state index in [9.17, 15) is 19.8 Å². The number of piperidine rings is 2. The fourth-order valence-corrected chi connectivity index (χ4v) is 11.4. The van der Waals surface area contributed by atoms with Gasteiger partial charge in [0.1, 0.15) is 0 Å². The van der Waals surface area contributed by atoms with Gasteiger partial charge in [0.15, 0.2) is 46.0 Å². The number of amides is 2. The minimum absolute atomic E-state index is 0.0614. The molecule has 8 atom stereocenters. The van der Waals surface area contributed by atoms with Crippen LogP contribution in [0.3, 0.4) is 0 Å². The van der Waals surface area contributed by atoms with Gasteiger partial charge in [-0.25, -0.2) is 0 Å². The number of hydrogen-bond acceptors (Lipinski definition) is 12. The maximum Gasteiger partial charge on any atom is 0.223 e. The topological polar surface area (TPSA) is 155 Å². The van der Waals surface area contributed by atoms with E-state index in [2.05, 4.69) is 0 Å². The van der Waals surface area contributed by atoms with Gasteiger partial charge in [0.25, 0.3) is 0 Å². The van der Waals surface area contributed by atoms with Crippen LogP contribution in [0.25, 0.3) is 22.3 Å². The van der Waals surface area contributed by atoms with Crippen LogP contribution in [0.1, 0.15) is 71.6 Å². The van der Waals surface area contributed by atoms with Crippen LogP contribution in [0.15, 0.2) is 48.5 Å². The zero-order valence-electron chi connectivity index (χ0n) is 36.4. The molecule has 4 aromatic carbocycles. The molecule has 2 amide bonds. The molecule has 0 saturated carbocycles. The van der Waals surface area contributed by atoms with Gasteiger partial charge < -0.3 is 57.9 Å². The van der Waals surface area contributed by atoms with E-state index in [-0.39, 0.29) is 47.6 Å². The molecule has 10 rings (SSSR count). The number of rotatable bonds is 8. The zero-order valence-corrected chi connectivity index (χ0v) is 36.4. The van der Waals surface area contributed by atoms with E-state index in [0.717, 1.165) is 44.5 Å². The van der Waals surface area contributed by atoms with Gasteiger partial charge in [-0.2, -0.15) is 0 Å². The average Bonchev–Trinajstić information content (AvgIpc) is 3.88. The first kappa shape index (κ1) is 41.5. The van der Waals surface area contributed by atoms with Crippen LogP contribution in [0.4, 0.5) is 0 Å². The number of carbonyl (C=O) groups is 2. The molecule has 62 heavy (non-hydrogen) atoms. The molecule has 2 aliphatic carbocycles. The number of aliphatic hydroxyl groups excluding tert-OH is 2. The van der Waals surface area contributed by atoms with E-state index < -0.39 is 12.2 Å². The second kappa shape index (κ2) is 16.1. The van der Waals surface area contributed by atoms with Gasteiger partial charge in [0, 0.05) is 49.6 Å². The van der Waals surface area contributed by atoms with Gasteiger partial charge in [-0.05, 0) is 106 Å². The lowest BCUT2D eigenvalue weighted by molar-refractivity contribution is -0.134. The summed E-state index contributed by atoms with van der Waals surface area (Å²) in [6.45, 7) is 1.14. The summed E-state index contributed by atoms with van der Waals surface area (Å²) in [5.41, 5.74) is 8.04. The first-order chi connectivity index (χ1) is 30.0. The lowest BCUT2D eigenvalue weighted by Gasteiger charge is -2.48. The molecule has 0 bridgehead atoms. The summed E-state index contributed by atoms with van der Waals surface area (Å²) >= 11 is 0. The minimum atomic E-state index is -0.664. The van der Waals surface area contributed by atoms with Crippen molar-refractivity contribution in [3.05, 3.63) is 70.8 Å². The lowest BCUT2D eigenvalue weighted by Crippen LogP contribution is -2.53. The van der Waals surface area contributed by atoms with Crippen LogP contribution in [-0.2, 0) is 9.59 Å². The molecule has 328 valence electrons. The monoisotopic (exact) mass is 850 g/mol. The quantitative estimate of drug-likeness (QED) is 0.218. The van der Waals surface area contributed by atoms with Crippen LogP contribution in [0, 0.1) is 0 Å². The maximum absolute atomic E-state index is 12.5. The molecule has 4 heterocycles. The van der Waals surface area contributed by atoms with E-state index in [1.54, 1.807) is 56.9 Å². The fraction of sp³-hybridized carbons (Fsp3) is 0.458. The highest BCUT2D eigenvalue weighted by molar-refractivity contribution is 5.85. The van der Waals surface area contributed by atoms with E-state index in [0.29, 0.717) is 84.8 Å². The number of aliphatic hydroxyl groups is 2. The number of ether oxygens (including phenoxy) is 8. The summed E-state index contributed by atoms with van der Waals surface area (Å²) in [5.74, 6) is 4.82.